The van der Waals surface area contributed by atoms with Crippen molar-refractivity contribution < 1.29 is 37.3 Å². The summed E-state index contributed by atoms with van der Waals surface area (Å²) in [5.74, 6) is -1.19. The standard InChI is InChI=1S/C21H23ClF3NO5/c1-3-13(20(27)28)9-14-5-6-16(30-8-4-7-29-2)11-18(14)31-19-17(22)10-15(12-26-19)21(23,24)25/h5-6,10-13H,3-4,7-9H2,1-2H3,(H,27,28). The van der Waals surface area contributed by atoms with Gasteiger partial charge in [-0.2, -0.15) is 13.2 Å². The molecule has 0 spiro atoms. The van der Waals surface area contributed by atoms with Crippen LogP contribution in [0.5, 0.6) is 17.4 Å². The number of pyridine rings is 1. The third-order valence-corrected chi connectivity index (χ3v) is 4.72. The van der Waals surface area contributed by atoms with Gasteiger partial charge in [-0.1, -0.05) is 24.6 Å². The molecule has 0 radical (unpaired) electrons. The number of alkyl halides is 3. The highest BCUT2D eigenvalue weighted by atomic mass is 35.5. The van der Waals surface area contributed by atoms with Crippen LogP contribution < -0.4 is 9.47 Å². The predicted octanol–water partition coefficient (Wildman–Crippen LogP) is 5.61. The molecule has 31 heavy (non-hydrogen) atoms. The molecule has 0 bridgehead atoms. The van der Waals surface area contributed by atoms with E-state index < -0.39 is 23.6 Å². The summed E-state index contributed by atoms with van der Waals surface area (Å²) in [5, 5.41) is 9.05. The number of hydrogen-bond donors (Lipinski definition) is 1. The maximum Gasteiger partial charge on any atom is 0.417 e. The molecule has 2 rings (SSSR count). The quantitative estimate of drug-likeness (QED) is 0.438. The number of aromatic nitrogens is 1. The fourth-order valence-electron chi connectivity index (χ4n) is 2.71. The Kier molecular flexibility index (Phi) is 8.94. The number of halogens is 4. The Labute approximate surface area is 182 Å². The predicted molar refractivity (Wildman–Crippen MR) is 108 cm³/mol. The molecular formula is C21H23ClF3NO5. The monoisotopic (exact) mass is 461 g/mol. The van der Waals surface area contributed by atoms with Crippen LogP contribution in [0.15, 0.2) is 30.5 Å². The summed E-state index contributed by atoms with van der Waals surface area (Å²) < 4.78 is 54.9. The molecule has 0 amide bonds. The van der Waals surface area contributed by atoms with Crippen LogP contribution in [0.25, 0.3) is 0 Å². The molecule has 1 atom stereocenters. The zero-order chi connectivity index (χ0) is 23.0. The fraction of sp³-hybridized carbons (Fsp3) is 0.429. The second kappa shape index (κ2) is 11.2. The smallest absolute Gasteiger partial charge is 0.417 e. The summed E-state index contributed by atoms with van der Waals surface area (Å²) in [6.45, 7) is 2.64. The van der Waals surface area contributed by atoms with Gasteiger partial charge in [-0.15, -0.1) is 0 Å². The van der Waals surface area contributed by atoms with Crippen LogP contribution in [0, 0.1) is 5.92 Å². The number of hydrogen-bond acceptors (Lipinski definition) is 5. The van der Waals surface area contributed by atoms with Crippen LogP contribution in [0.1, 0.15) is 30.9 Å². The number of carbonyl (C=O) groups is 1. The van der Waals surface area contributed by atoms with Crippen molar-refractivity contribution in [3.63, 3.8) is 0 Å². The third-order valence-electron chi connectivity index (χ3n) is 4.45. The molecule has 0 saturated heterocycles. The van der Waals surface area contributed by atoms with E-state index in [0.29, 0.717) is 43.6 Å². The first-order valence-electron chi connectivity index (χ1n) is 9.53. The zero-order valence-electron chi connectivity index (χ0n) is 17.0. The van der Waals surface area contributed by atoms with E-state index in [1.54, 1.807) is 26.2 Å². The Morgan fingerprint density at radius 3 is 2.58 bits per heavy atom. The van der Waals surface area contributed by atoms with Crippen molar-refractivity contribution in [2.75, 3.05) is 20.3 Å². The number of ether oxygens (including phenoxy) is 3. The minimum absolute atomic E-state index is 0.156. The van der Waals surface area contributed by atoms with Crippen LogP contribution in [0.2, 0.25) is 5.02 Å². The highest BCUT2D eigenvalue weighted by molar-refractivity contribution is 6.31. The van der Waals surface area contributed by atoms with Gasteiger partial charge in [-0.3, -0.25) is 4.79 Å². The van der Waals surface area contributed by atoms with Crippen LogP contribution in [-0.2, 0) is 22.1 Å². The van der Waals surface area contributed by atoms with Crippen LogP contribution in [0.4, 0.5) is 13.2 Å². The van der Waals surface area contributed by atoms with Gasteiger partial charge in [0, 0.05) is 32.4 Å². The van der Waals surface area contributed by atoms with Gasteiger partial charge in [0.05, 0.1) is 18.1 Å². The lowest BCUT2D eigenvalue weighted by Crippen LogP contribution is -2.15. The molecule has 1 aromatic carbocycles. The summed E-state index contributed by atoms with van der Waals surface area (Å²) in [7, 11) is 1.58. The lowest BCUT2D eigenvalue weighted by atomic mass is 9.96. The lowest BCUT2D eigenvalue weighted by Gasteiger charge is -2.17. The van der Waals surface area contributed by atoms with Gasteiger partial charge in [-0.25, -0.2) is 4.98 Å². The van der Waals surface area contributed by atoms with E-state index in [2.05, 4.69) is 4.98 Å². The molecule has 1 aromatic heterocycles. The van der Waals surface area contributed by atoms with Crippen molar-refractivity contribution in [3.8, 4) is 17.4 Å². The molecule has 2 aromatic rings. The van der Waals surface area contributed by atoms with Crippen molar-refractivity contribution in [1.82, 2.24) is 4.98 Å². The lowest BCUT2D eigenvalue weighted by molar-refractivity contribution is -0.141. The van der Waals surface area contributed by atoms with Gasteiger partial charge in [0.25, 0.3) is 0 Å². The van der Waals surface area contributed by atoms with Crippen molar-refractivity contribution >= 4 is 17.6 Å². The molecule has 170 valence electrons. The van der Waals surface area contributed by atoms with Crippen molar-refractivity contribution in [3.05, 3.63) is 46.6 Å². The van der Waals surface area contributed by atoms with Crippen LogP contribution in [0.3, 0.4) is 0 Å². The molecule has 0 aliphatic heterocycles. The number of carboxylic acids is 1. The summed E-state index contributed by atoms with van der Waals surface area (Å²) in [6.07, 6.45) is -2.77. The molecule has 10 heteroatoms. The summed E-state index contributed by atoms with van der Waals surface area (Å²) in [5.41, 5.74) is -0.464. The molecule has 0 saturated carbocycles. The maximum absolute atomic E-state index is 12.9. The van der Waals surface area contributed by atoms with Gasteiger partial charge in [-0.05, 0) is 30.5 Å². The first-order valence-corrected chi connectivity index (χ1v) is 9.91. The van der Waals surface area contributed by atoms with E-state index in [9.17, 15) is 23.1 Å². The molecular weight excluding hydrogens is 439 g/mol. The molecule has 1 N–H and O–H groups in total. The highest BCUT2D eigenvalue weighted by Gasteiger charge is 2.32. The third kappa shape index (κ3) is 7.29. The van der Waals surface area contributed by atoms with Crippen molar-refractivity contribution in [1.29, 1.82) is 0 Å². The minimum Gasteiger partial charge on any atom is -0.493 e. The minimum atomic E-state index is -4.59. The van der Waals surface area contributed by atoms with E-state index in [1.807, 2.05) is 0 Å². The molecule has 1 unspecified atom stereocenters. The van der Waals surface area contributed by atoms with Gasteiger partial charge in [0.15, 0.2) is 0 Å². The summed E-state index contributed by atoms with van der Waals surface area (Å²) >= 11 is 5.95. The average molecular weight is 462 g/mol. The van der Waals surface area contributed by atoms with E-state index in [1.165, 1.54) is 6.07 Å². The molecule has 6 nitrogen and oxygen atoms in total. The normalized spacial score (nSPS) is 12.5. The number of carboxylic acid groups (broad SMARTS) is 1. The number of aliphatic carboxylic acids is 1. The number of nitrogens with zero attached hydrogens (tertiary/aromatic N) is 1. The fourth-order valence-corrected chi connectivity index (χ4v) is 2.92. The van der Waals surface area contributed by atoms with Crippen LogP contribution >= 0.6 is 11.6 Å². The Balaban J connectivity index is 2.33. The van der Waals surface area contributed by atoms with Gasteiger partial charge in [0.2, 0.25) is 5.88 Å². The molecule has 0 aliphatic carbocycles. The molecule has 0 fully saturated rings. The van der Waals surface area contributed by atoms with E-state index in [4.69, 9.17) is 25.8 Å². The Morgan fingerprint density at radius 2 is 2.00 bits per heavy atom. The van der Waals surface area contributed by atoms with Gasteiger partial charge < -0.3 is 19.3 Å². The molecule has 1 heterocycles. The topological polar surface area (TPSA) is 77.9 Å². The number of methoxy groups -OCH3 is 1. The Bertz CT molecular complexity index is 892. The summed E-state index contributed by atoms with van der Waals surface area (Å²) in [6, 6.07) is 5.59. The largest absolute Gasteiger partial charge is 0.493 e. The van der Waals surface area contributed by atoms with E-state index in [0.717, 1.165) is 6.07 Å². The average Bonchev–Trinajstić information content (AvgIpc) is 2.71. The highest BCUT2D eigenvalue weighted by Crippen LogP contribution is 2.37. The number of benzene rings is 1. The van der Waals surface area contributed by atoms with E-state index >= 15 is 0 Å². The second-order valence-corrected chi connectivity index (χ2v) is 7.13. The van der Waals surface area contributed by atoms with Gasteiger partial charge in [0.1, 0.15) is 16.5 Å². The zero-order valence-corrected chi connectivity index (χ0v) is 17.8. The molecule has 0 aliphatic rings. The Morgan fingerprint density at radius 1 is 1.26 bits per heavy atom. The van der Waals surface area contributed by atoms with E-state index in [-0.39, 0.29) is 23.1 Å². The SMILES string of the molecule is CCC(Cc1ccc(OCCCOC)cc1Oc1ncc(C(F)(F)F)cc1Cl)C(=O)O. The first-order chi connectivity index (χ1) is 14.7. The maximum atomic E-state index is 12.9. The van der Waals surface area contributed by atoms with Crippen molar-refractivity contribution in [2.45, 2.75) is 32.4 Å². The summed E-state index contributed by atoms with van der Waals surface area (Å²) in [4.78, 5) is 15.1. The first kappa shape index (κ1) is 24.7. The Hall–Kier alpha value is -2.52. The van der Waals surface area contributed by atoms with Crippen molar-refractivity contribution in [2.24, 2.45) is 5.92 Å². The second-order valence-electron chi connectivity index (χ2n) is 6.72. The van der Waals surface area contributed by atoms with Gasteiger partial charge >= 0.3 is 12.1 Å². The van der Waals surface area contributed by atoms with Crippen LogP contribution in [-0.4, -0.2) is 36.4 Å². The number of rotatable bonds is 11.